The first kappa shape index (κ1) is 11.9. The number of nitrogens with one attached hydrogen (secondary N) is 1. The van der Waals surface area contributed by atoms with Gasteiger partial charge in [0.1, 0.15) is 0 Å². The highest BCUT2D eigenvalue weighted by molar-refractivity contribution is 7.17. The lowest BCUT2D eigenvalue weighted by Gasteiger charge is -2.04. The summed E-state index contributed by atoms with van der Waals surface area (Å²) in [4.78, 5) is 12.0. The minimum absolute atomic E-state index is 0.0229. The average Bonchev–Trinajstić information content (AvgIpc) is 2.83. The van der Waals surface area contributed by atoms with Crippen molar-refractivity contribution in [2.45, 2.75) is 6.42 Å². The van der Waals surface area contributed by atoms with E-state index in [-0.39, 0.29) is 5.91 Å². The van der Waals surface area contributed by atoms with Crippen LogP contribution in [-0.4, -0.2) is 5.91 Å². The molecule has 0 saturated carbocycles. The maximum Gasteiger partial charge on any atom is 0.228 e. The lowest BCUT2D eigenvalue weighted by molar-refractivity contribution is -0.115. The van der Waals surface area contributed by atoms with Crippen molar-refractivity contribution in [2.24, 2.45) is 0 Å². The van der Waals surface area contributed by atoms with Crippen LogP contribution in [0.25, 0.3) is 10.1 Å². The normalized spacial score (nSPS) is 10.5. The standard InChI is InChI=1S/C16H13NOS/c18-16(10-12-6-2-1-3-7-12)17-14-11-19-15-9-5-4-8-13(14)15/h1-9,11H,10H2,(H,17,18). The molecule has 0 spiro atoms. The fourth-order valence-electron chi connectivity index (χ4n) is 2.05. The molecule has 94 valence electrons. The Morgan fingerprint density at radius 1 is 1.00 bits per heavy atom. The summed E-state index contributed by atoms with van der Waals surface area (Å²) in [5.41, 5.74) is 1.93. The lowest BCUT2D eigenvalue weighted by atomic mass is 10.1. The molecule has 0 unspecified atom stereocenters. The van der Waals surface area contributed by atoms with Gasteiger partial charge >= 0.3 is 0 Å². The van der Waals surface area contributed by atoms with Gasteiger partial charge in [-0.05, 0) is 11.6 Å². The van der Waals surface area contributed by atoms with Crippen molar-refractivity contribution in [1.29, 1.82) is 0 Å². The van der Waals surface area contributed by atoms with E-state index in [2.05, 4.69) is 11.4 Å². The largest absolute Gasteiger partial charge is 0.325 e. The summed E-state index contributed by atoms with van der Waals surface area (Å²) < 4.78 is 1.19. The number of fused-ring (bicyclic) bond motifs is 1. The van der Waals surface area contributed by atoms with Crippen LogP contribution in [0.3, 0.4) is 0 Å². The monoisotopic (exact) mass is 267 g/mol. The summed E-state index contributed by atoms with van der Waals surface area (Å²) >= 11 is 1.65. The van der Waals surface area contributed by atoms with Crippen molar-refractivity contribution in [2.75, 3.05) is 5.32 Å². The molecule has 0 radical (unpaired) electrons. The van der Waals surface area contributed by atoms with Crippen molar-refractivity contribution >= 4 is 33.0 Å². The minimum atomic E-state index is 0.0229. The maximum absolute atomic E-state index is 12.0. The molecule has 0 bridgehead atoms. The van der Waals surface area contributed by atoms with Crippen LogP contribution in [0.1, 0.15) is 5.56 Å². The summed E-state index contributed by atoms with van der Waals surface area (Å²) in [5, 5.41) is 6.08. The van der Waals surface area contributed by atoms with E-state index in [1.165, 1.54) is 4.70 Å². The summed E-state index contributed by atoms with van der Waals surface area (Å²) in [7, 11) is 0. The van der Waals surface area contributed by atoms with Crippen LogP contribution in [-0.2, 0) is 11.2 Å². The minimum Gasteiger partial charge on any atom is -0.325 e. The first-order chi connectivity index (χ1) is 9.33. The SMILES string of the molecule is O=C(Cc1ccccc1)Nc1csc2ccccc12. The molecular weight excluding hydrogens is 254 g/mol. The smallest absolute Gasteiger partial charge is 0.228 e. The van der Waals surface area contributed by atoms with Gasteiger partial charge in [0.25, 0.3) is 0 Å². The van der Waals surface area contributed by atoms with Gasteiger partial charge in [0.2, 0.25) is 5.91 Å². The maximum atomic E-state index is 12.0. The Bertz CT molecular complexity index is 703. The van der Waals surface area contributed by atoms with Crippen molar-refractivity contribution in [1.82, 2.24) is 0 Å². The van der Waals surface area contributed by atoms with Gasteiger partial charge in [-0.1, -0.05) is 48.5 Å². The van der Waals surface area contributed by atoms with E-state index >= 15 is 0 Å². The van der Waals surface area contributed by atoms with Gasteiger partial charge in [0.15, 0.2) is 0 Å². The van der Waals surface area contributed by atoms with Crippen molar-refractivity contribution < 1.29 is 4.79 Å². The summed E-state index contributed by atoms with van der Waals surface area (Å²) in [6.07, 6.45) is 0.408. The highest BCUT2D eigenvalue weighted by Crippen LogP contribution is 2.29. The van der Waals surface area contributed by atoms with Gasteiger partial charge in [-0.15, -0.1) is 11.3 Å². The zero-order valence-electron chi connectivity index (χ0n) is 10.3. The predicted octanol–water partition coefficient (Wildman–Crippen LogP) is 4.08. The number of hydrogen-bond acceptors (Lipinski definition) is 2. The molecule has 2 aromatic carbocycles. The number of rotatable bonds is 3. The average molecular weight is 267 g/mol. The first-order valence-corrected chi connectivity index (χ1v) is 7.01. The Kier molecular flexibility index (Phi) is 3.29. The van der Waals surface area contributed by atoms with E-state index in [0.717, 1.165) is 16.6 Å². The van der Waals surface area contributed by atoms with E-state index in [4.69, 9.17) is 0 Å². The van der Waals surface area contributed by atoms with E-state index < -0.39 is 0 Å². The number of amides is 1. The van der Waals surface area contributed by atoms with Crippen LogP contribution < -0.4 is 5.32 Å². The summed E-state index contributed by atoms with van der Waals surface area (Å²) in [6.45, 7) is 0. The summed E-state index contributed by atoms with van der Waals surface area (Å²) in [5.74, 6) is 0.0229. The molecule has 0 aliphatic heterocycles. The van der Waals surface area contributed by atoms with E-state index in [1.807, 2.05) is 53.9 Å². The molecule has 3 rings (SSSR count). The van der Waals surface area contributed by atoms with Gasteiger partial charge in [-0.3, -0.25) is 4.79 Å². The quantitative estimate of drug-likeness (QED) is 0.761. The zero-order valence-corrected chi connectivity index (χ0v) is 11.1. The number of hydrogen-bond donors (Lipinski definition) is 1. The molecule has 1 heterocycles. The molecule has 0 saturated heterocycles. The second-order valence-corrected chi connectivity index (χ2v) is 5.27. The van der Waals surface area contributed by atoms with Gasteiger partial charge in [0.05, 0.1) is 12.1 Å². The Hall–Kier alpha value is -2.13. The molecule has 2 nitrogen and oxygen atoms in total. The topological polar surface area (TPSA) is 29.1 Å². The predicted molar refractivity (Wildman–Crippen MR) is 80.6 cm³/mol. The summed E-state index contributed by atoms with van der Waals surface area (Å²) in [6, 6.07) is 17.9. The Morgan fingerprint density at radius 3 is 2.58 bits per heavy atom. The van der Waals surface area contributed by atoms with E-state index in [0.29, 0.717) is 6.42 Å². The number of benzene rings is 2. The number of carbonyl (C=O) groups is 1. The molecule has 0 aliphatic carbocycles. The highest BCUT2D eigenvalue weighted by Gasteiger charge is 2.07. The van der Waals surface area contributed by atoms with Crippen LogP contribution in [0.15, 0.2) is 60.0 Å². The lowest BCUT2D eigenvalue weighted by Crippen LogP contribution is -2.13. The molecule has 19 heavy (non-hydrogen) atoms. The van der Waals surface area contributed by atoms with Crippen LogP contribution in [0, 0.1) is 0 Å². The van der Waals surface area contributed by atoms with Crippen LogP contribution in [0.4, 0.5) is 5.69 Å². The Morgan fingerprint density at radius 2 is 1.74 bits per heavy atom. The second kappa shape index (κ2) is 5.24. The fourth-order valence-corrected chi connectivity index (χ4v) is 2.94. The van der Waals surface area contributed by atoms with Crippen molar-refractivity contribution in [3.8, 4) is 0 Å². The molecule has 0 fully saturated rings. The number of carbonyl (C=O) groups excluding carboxylic acids is 1. The third-order valence-corrected chi connectivity index (χ3v) is 3.93. The van der Waals surface area contributed by atoms with E-state index in [1.54, 1.807) is 11.3 Å². The molecular formula is C16H13NOS. The molecule has 1 aromatic heterocycles. The van der Waals surface area contributed by atoms with Crippen LogP contribution in [0.2, 0.25) is 0 Å². The number of thiophene rings is 1. The molecule has 0 aliphatic rings. The zero-order chi connectivity index (χ0) is 13.1. The van der Waals surface area contributed by atoms with Crippen molar-refractivity contribution in [3.05, 3.63) is 65.5 Å². The van der Waals surface area contributed by atoms with Gasteiger partial charge in [0, 0.05) is 15.5 Å². The molecule has 0 atom stereocenters. The molecule has 1 amide bonds. The Labute approximate surface area is 115 Å². The second-order valence-electron chi connectivity index (χ2n) is 4.36. The van der Waals surface area contributed by atoms with Crippen LogP contribution in [0.5, 0.6) is 0 Å². The Balaban J connectivity index is 1.76. The van der Waals surface area contributed by atoms with Gasteiger partial charge < -0.3 is 5.32 Å². The molecule has 3 heteroatoms. The fraction of sp³-hybridized carbons (Fsp3) is 0.0625. The van der Waals surface area contributed by atoms with Crippen molar-refractivity contribution in [3.63, 3.8) is 0 Å². The number of anilines is 1. The molecule has 1 N–H and O–H groups in total. The van der Waals surface area contributed by atoms with E-state index in [9.17, 15) is 4.79 Å². The van der Waals surface area contributed by atoms with Crippen LogP contribution >= 0.6 is 11.3 Å². The van der Waals surface area contributed by atoms with Gasteiger partial charge in [-0.2, -0.15) is 0 Å². The third-order valence-electron chi connectivity index (χ3n) is 2.96. The van der Waals surface area contributed by atoms with Gasteiger partial charge in [-0.25, -0.2) is 0 Å². The highest BCUT2D eigenvalue weighted by atomic mass is 32.1. The first-order valence-electron chi connectivity index (χ1n) is 6.13. The molecule has 3 aromatic rings. The third kappa shape index (κ3) is 2.66.